The first-order chi connectivity index (χ1) is 13.5. The van der Waals surface area contributed by atoms with E-state index in [4.69, 9.17) is 15.0 Å². The van der Waals surface area contributed by atoms with Gasteiger partial charge in [-0.3, -0.25) is 4.57 Å². The molecule has 2 aromatic rings. The molecule has 2 rings (SSSR count). The third-order valence-electron chi connectivity index (χ3n) is 4.28. The number of hydrogen-bond donors (Lipinski definition) is 3. The van der Waals surface area contributed by atoms with Crippen LogP contribution in [0.25, 0.3) is 11.1 Å². The van der Waals surface area contributed by atoms with Gasteiger partial charge in [0.15, 0.2) is 0 Å². The van der Waals surface area contributed by atoms with Gasteiger partial charge in [0.2, 0.25) is 0 Å². The summed E-state index contributed by atoms with van der Waals surface area (Å²) in [4.78, 5) is 9.93. The summed E-state index contributed by atoms with van der Waals surface area (Å²) in [5.41, 5.74) is 4.95. The summed E-state index contributed by atoms with van der Waals surface area (Å²) >= 11 is 0. The van der Waals surface area contributed by atoms with Gasteiger partial charge in [0.05, 0.1) is 30.2 Å². The van der Waals surface area contributed by atoms with Gasteiger partial charge < -0.3 is 25.2 Å². The molecule has 0 aliphatic heterocycles. The van der Waals surface area contributed by atoms with Gasteiger partial charge in [0.1, 0.15) is 12.0 Å². The molecule has 0 saturated heterocycles. The minimum absolute atomic E-state index is 0.103. The van der Waals surface area contributed by atoms with Crippen molar-refractivity contribution < 1.29 is 31.9 Å². The highest BCUT2D eigenvalue weighted by Gasteiger charge is 2.35. The Kier molecular flexibility index (Phi) is 7.21. The van der Waals surface area contributed by atoms with Crippen molar-refractivity contribution in [3.8, 4) is 16.9 Å². The molecule has 0 bridgehead atoms. The lowest BCUT2D eigenvalue weighted by atomic mass is 9.97. The van der Waals surface area contributed by atoms with Gasteiger partial charge in [-0.1, -0.05) is 19.1 Å². The Labute approximate surface area is 167 Å². The Hall–Kier alpha value is -2.22. The number of ether oxygens (including phenoxy) is 1. The first kappa shape index (κ1) is 23.1. The number of nitrogens with one attached hydrogen (secondary N) is 1. The maximum atomic E-state index is 13.5. The molecule has 0 radical (unpaired) electrons. The summed E-state index contributed by atoms with van der Waals surface area (Å²) in [6, 6.07) is 8.09. The molecule has 4 N–H and O–H groups in total. The number of benzene rings is 2. The van der Waals surface area contributed by atoms with Gasteiger partial charge in [-0.25, -0.2) is 0 Å². The zero-order chi connectivity index (χ0) is 21.8. The molecule has 0 aromatic heterocycles. The van der Waals surface area contributed by atoms with E-state index >= 15 is 0 Å². The number of rotatable bonds is 8. The van der Waals surface area contributed by atoms with Crippen molar-refractivity contribution in [1.29, 1.82) is 0 Å². The highest BCUT2D eigenvalue weighted by Crippen LogP contribution is 2.45. The van der Waals surface area contributed by atoms with Crippen molar-refractivity contribution >= 4 is 19.0 Å². The van der Waals surface area contributed by atoms with E-state index in [0.717, 1.165) is 6.07 Å². The molecule has 0 heterocycles. The van der Waals surface area contributed by atoms with Gasteiger partial charge in [0, 0.05) is 0 Å². The van der Waals surface area contributed by atoms with Crippen LogP contribution in [0.2, 0.25) is 0 Å². The molecule has 2 unspecified atom stereocenters. The summed E-state index contributed by atoms with van der Waals surface area (Å²) in [5, 5.41) is 2.64. The Morgan fingerprint density at radius 2 is 1.86 bits per heavy atom. The standard InChI is InChI=1S/C19H24F3N2O4P/c1-4-12(2)28-29(25,26)11-24-18-9-15(13-5-7-14(27-3)8-6-13)16(10-17(18)23)19(20,21)22/h5-10,12,24H,4,11,23H2,1-3H3,(H,25,26). The average Bonchev–Trinajstić information content (AvgIpc) is 2.65. The van der Waals surface area contributed by atoms with Crippen LogP contribution in [0, 0.1) is 0 Å². The Morgan fingerprint density at radius 3 is 2.38 bits per heavy atom. The van der Waals surface area contributed by atoms with Gasteiger partial charge in [0.25, 0.3) is 0 Å². The summed E-state index contributed by atoms with van der Waals surface area (Å²) in [6.45, 7) is 3.45. The van der Waals surface area contributed by atoms with Gasteiger partial charge in [-0.2, -0.15) is 13.2 Å². The number of nitrogens with two attached hydrogens (primary N) is 1. The van der Waals surface area contributed by atoms with E-state index < -0.39 is 31.7 Å². The van der Waals surface area contributed by atoms with Crippen molar-refractivity contribution in [1.82, 2.24) is 0 Å². The molecule has 0 fully saturated rings. The fraction of sp³-hybridized carbons (Fsp3) is 0.368. The predicted octanol–water partition coefficient (Wildman–Crippen LogP) is 5.33. The third kappa shape index (κ3) is 6.13. The van der Waals surface area contributed by atoms with E-state index in [2.05, 4.69) is 5.32 Å². The van der Waals surface area contributed by atoms with Gasteiger partial charge in [-0.05, 0) is 48.7 Å². The Balaban J connectivity index is 2.40. The molecule has 0 amide bonds. The molecular weight excluding hydrogens is 408 g/mol. The molecule has 0 spiro atoms. The summed E-state index contributed by atoms with van der Waals surface area (Å²) in [6.07, 6.45) is -5.02. The maximum Gasteiger partial charge on any atom is 0.417 e. The number of alkyl halides is 3. The molecule has 0 aliphatic rings. The summed E-state index contributed by atoms with van der Waals surface area (Å²) in [7, 11) is -2.54. The van der Waals surface area contributed by atoms with Gasteiger partial charge >= 0.3 is 13.8 Å². The normalized spacial score (nSPS) is 14.9. The minimum Gasteiger partial charge on any atom is -0.497 e. The van der Waals surface area contributed by atoms with E-state index in [1.807, 2.05) is 0 Å². The lowest BCUT2D eigenvalue weighted by molar-refractivity contribution is -0.137. The Bertz CT molecular complexity index is 888. The quantitative estimate of drug-likeness (QED) is 0.386. The van der Waals surface area contributed by atoms with E-state index in [0.29, 0.717) is 17.7 Å². The van der Waals surface area contributed by atoms with Crippen molar-refractivity contribution in [2.24, 2.45) is 0 Å². The lowest BCUT2D eigenvalue weighted by Gasteiger charge is -2.20. The zero-order valence-electron chi connectivity index (χ0n) is 16.3. The second-order valence-corrected chi connectivity index (χ2v) is 8.31. The molecule has 2 aromatic carbocycles. The van der Waals surface area contributed by atoms with Gasteiger partial charge in [-0.15, -0.1) is 0 Å². The van der Waals surface area contributed by atoms with Crippen molar-refractivity contribution in [3.05, 3.63) is 42.0 Å². The maximum absolute atomic E-state index is 13.5. The zero-order valence-corrected chi connectivity index (χ0v) is 17.2. The second kappa shape index (κ2) is 9.07. The number of nitrogen functional groups attached to an aromatic ring is 1. The van der Waals surface area contributed by atoms with Crippen LogP contribution in [0.3, 0.4) is 0 Å². The summed E-state index contributed by atoms with van der Waals surface area (Å²) < 4.78 is 62.9. The first-order valence-corrected chi connectivity index (χ1v) is 10.6. The fourth-order valence-corrected chi connectivity index (χ4v) is 3.75. The van der Waals surface area contributed by atoms with E-state index in [1.54, 1.807) is 26.0 Å². The van der Waals surface area contributed by atoms with E-state index in [9.17, 15) is 22.6 Å². The van der Waals surface area contributed by atoms with Crippen LogP contribution in [0.5, 0.6) is 5.75 Å². The highest BCUT2D eigenvalue weighted by molar-refractivity contribution is 7.52. The predicted molar refractivity (Wildman–Crippen MR) is 107 cm³/mol. The fourth-order valence-electron chi connectivity index (χ4n) is 2.59. The average molecular weight is 432 g/mol. The molecular formula is C19H24F3N2O4P. The second-order valence-electron chi connectivity index (χ2n) is 6.51. The smallest absolute Gasteiger partial charge is 0.417 e. The molecule has 10 heteroatoms. The molecule has 0 saturated carbocycles. The Morgan fingerprint density at radius 1 is 1.24 bits per heavy atom. The van der Waals surface area contributed by atoms with Crippen LogP contribution < -0.4 is 15.8 Å². The van der Waals surface area contributed by atoms with Crippen LogP contribution in [0.15, 0.2) is 36.4 Å². The topological polar surface area (TPSA) is 93.8 Å². The number of hydrogen-bond acceptors (Lipinski definition) is 5. The van der Waals surface area contributed by atoms with Crippen molar-refractivity contribution in [2.75, 3.05) is 24.4 Å². The molecule has 2 atom stereocenters. The largest absolute Gasteiger partial charge is 0.497 e. The van der Waals surface area contributed by atoms with E-state index in [1.165, 1.54) is 25.3 Å². The van der Waals surface area contributed by atoms with E-state index in [-0.39, 0.29) is 16.9 Å². The van der Waals surface area contributed by atoms with Crippen LogP contribution in [-0.4, -0.2) is 24.4 Å². The summed E-state index contributed by atoms with van der Waals surface area (Å²) in [5.74, 6) is 0.500. The first-order valence-electron chi connectivity index (χ1n) is 8.86. The highest BCUT2D eigenvalue weighted by atomic mass is 31.2. The molecule has 29 heavy (non-hydrogen) atoms. The SMILES string of the molecule is CCC(C)OP(=O)(O)CNc1cc(-c2ccc(OC)cc2)c(C(F)(F)F)cc1N. The van der Waals surface area contributed by atoms with Crippen LogP contribution in [-0.2, 0) is 15.3 Å². The number of halogens is 3. The van der Waals surface area contributed by atoms with Crippen LogP contribution in [0.1, 0.15) is 25.8 Å². The van der Waals surface area contributed by atoms with Crippen LogP contribution in [0.4, 0.5) is 24.5 Å². The van der Waals surface area contributed by atoms with Crippen molar-refractivity contribution in [3.63, 3.8) is 0 Å². The third-order valence-corrected chi connectivity index (χ3v) is 5.53. The monoisotopic (exact) mass is 432 g/mol. The molecule has 160 valence electrons. The molecule has 0 aliphatic carbocycles. The number of anilines is 2. The van der Waals surface area contributed by atoms with Crippen molar-refractivity contribution in [2.45, 2.75) is 32.5 Å². The van der Waals surface area contributed by atoms with Crippen LogP contribution >= 0.6 is 7.60 Å². The lowest BCUT2D eigenvalue weighted by Crippen LogP contribution is -2.13. The minimum atomic E-state index is -4.63. The molecule has 6 nitrogen and oxygen atoms in total. The number of methoxy groups -OCH3 is 1.